The van der Waals surface area contributed by atoms with E-state index in [0.29, 0.717) is 0 Å². The van der Waals surface area contributed by atoms with E-state index in [4.69, 9.17) is 11.6 Å². The van der Waals surface area contributed by atoms with E-state index in [1.54, 1.807) is 29.5 Å². The summed E-state index contributed by atoms with van der Waals surface area (Å²) in [4.78, 5) is 14.9. The van der Waals surface area contributed by atoms with Gasteiger partial charge in [0, 0.05) is 9.77 Å². The van der Waals surface area contributed by atoms with Crippen LogP contribution in [0.5, 0.6) is 0 Å². The van der Waals surface area contributed by atoms with Gasteiger partial charge in [0.2, 0.25) is 0 Å². The molecule has 1 aromatic heterocycles. The topological polar surface area (TPSA) is 39.2 Å². The van der Waals surface area contributed by atoms with E-state index in [2.05, 4.69) is 9.72 Å². The number of nitrogens with zero attached hydrogens (tertiary/aromatic N) is 1. The summed E-state index contributed by atoms with van der Waals surface area (Å²) >= 11 is 7.42. The van der Waals surface area contributed by atoms with Crippen LogP contribution in [0.1, 0.15) is 29.4 Å². The minimum atomic E-state index is -2.67. The molecule has 0 atom stereocenters. The van der Waals surface area contributed by atoms with Crippen LogP contribution in [0, 0.1) is 3.57 Å². The Hall–Kier alpha value is -0.500. The van der Waals surface area contributed by atoms with Gasteiger partial charge >= 0.3 is 5.97 Å². The minimum absolute atomic E-state index is 0.100. The average molecular weight is 362 g/mol. The molecular weight excluding hydrogens is 354 g/mol. The van der Waals surface area contributed by atoms with Crippen molar-refractivity contribution < 1.29 is 18.3 Å². The van der Waals surface area contributed by atoms with Gasteiger partial charge in [0.15, 0.2) is 5.69 Å². The highest BCUT2D eigenvalue weighted by Crippen LogP contribution is 2.30. The maximum Gasteiger partial charge on any atom is 0.358 e. The number of carbonyl (C=O) groups is 1. The fraction of sp³-hybridized carbons (Fsp3) is 0.333. The number of aromatic nitrogens is 1. The van der Waals surface area contributed by atoms with E-state index in [0.717, 1.165) is 6.20 Å². The van der Waals surface area contributed by atoms with Gasteiger partial charge in [0.25, 0.3) is 6.43 Å². The van der Waals surface area contributed by atoms with Crippen molar-refractivity contribution in [3.05, 3.63) is 26.0 Å². The highest BCUT2D eigenvalue weighted by atomic mass is 127. The summed E-state index contributed by atoms with van der Waals surface area (Å²) in [5.74, 6) is -0.716. The monoisotopic (exact) mass is 361 g/mol. The Kier molecular flexibility index (Phi) is 4.85. The summed E-state index contributed by atoms with van der Waals surface area (Å²) < 4.78 is 29.7. The van der Waals surface area contributed by atoms with Gasteiger partial charge in [-0.2, -0.15) is 0 Å². The van der Waals surface area contributed by atoms with Gasteiger partial charge in [-0.05, 0) is 29.5 Å². The molecule has 0 aliphatic rings. The molecule has 0 bridgehead atoms. The van der Waals surface area contributed by atoms with Crippen molar-refractivity contribution in [2.24, 2.45) is 0 Å². The molecule has 1 aromatic rings. The molecule has 0 N–H and O–H groups in total. The molecule has 16 heavy (non-hydrogen) atoms. The maximum absolute atomic E-state index is 12.5. The molecule has 0 saturated carbocycles. The van der Waals surface area contributed by atoms with Crippen LogP contribution in [0.25, 0.3) is 0 Å². The Labute approximate surface area is 109 Å². The summed E-state index contributed by atoms with van der Waals surface area (Å²) in [6.45, 7) is 1.80. The number of esters is 1. The van der Waals surface area contributed by atoms with Crippen LogP contribution in [0.15, 0.2) is 6.20 Å². The van der Waals surface area contributed by atoms with Crippen LogP contribution >= 0.6 is 34.2 Å². The average Bonchev–Trinajstić information content (AvgIpc) is 2.21. The van der Waals surface area contributed by atoms with Crippen LogP contribution in [0.2, 0.25) is 5.02 Å². The molecule has 1 rings (SSSR count). The van der Waals surface area contributed by atoms with Crippen LogP contribution in [0.4, 0.5) is 8.78 Å². The number of alkyl halides is 2. The SMILES string of the molecule is CCOC(=O)c1ncc(C(F)F)c(I)c1Cl. The largest absolute Gasteiger partial charge is 0.461 e. The number of hydrogen-bond acceptors (Lipinski definition) is 3. The molecule has 0 aliphatic carbocycles. The second-order valence-corrected chi connectivity index (χ2v) is 4.17. The first-order valence-electron chi connectivity index (χ1n) is 4.28. The third-order valence-corrected chi connectivity index (χ3v) is 3.54. The molecule has 88 valence electrons. The second-order valence-electron chi connectivity index (χ2n) is 2.71. The summed E-state index contributed by atoms with van der Waals surface area (Å²) in [6, 6.07) is 0. The fourth-order valence-corrected chi connectivity index (χ4v) is 1.84. The van der Waals surface area contributed by atoms with Gasteiger partial charge in [-0.15, -0.1) is 0 Å². The van der Waals surface area contributed by atoms with E-state index in [9.17, 15) is 13.6 Å². The smallest absolute Gasteiger partial charge is 0.358 e. The molecule has 0 aliphatic heterocycles. The molecule has 0 aromatic carbocycles. The summed E-state index contributed by atoms with van der Waals surface area (Å²) in [6.07, 6.45) is -1.74. The van der Waals surface area contributed by atoms with E-state index >= 15 is 0 Å². The van der Waals surface area contributed by atoms with Gasteiger partial charge in [-0.25, -0.2) is 18.6 Å². The molecule has 0 unspecified atom stereocenters. The first-order valence-corrected chi connectivity index (χ1v) is 5.73. The zero-order valence-corrected chi connectivity index (χ0v) is 11.1. The summed E-state index contributed by atoms with van der Waals surface area (Å²) in [7, 11) is 0. The minimum Gasteiger partial charge on any atom is -0.461 e. The molecule has 0 saturated heterocycles. The molecule has 0 radical (unpaired) electrons. The molecule has 3 nitrogen and oxygen atoms in total. The van der Waals surface area contributed by atoms with Crippen molar-refractivity contribution in [1.82, 2.24) is 4.98 Å². The van der Waals surface area contributed by atoms with Crippen molar-refractivity contribution in [1.29, 1.82) is 0 Å². The molecule has 7 heteroatoms. The highest BCUT2D eigenvalue weighted by molar-refractivity contribution is 14.1. The van der Waals surface area contributed by atoms with Gasteiger partial charge in [-0.3, -0.25) is 0 Å². The normalized spacial score (nSPS) is 10.6. The predicted octanol–water partition coefficient (Wildman–Crippen LogP) is 3.45. The van der Waals surface area contributed by atoms with Crippen LogP contribution in [-0.2, 0) is 4.74 Å². The van der Waals surface area contributed by atoms with Crippen LogP contribution in [-0.4, -0.2) is 17.6 Å². The molecular formula is C9H7ClF2INO2. The Bertz CT molecular complexity index is 415. The lowest BCUT2D eigenvalue weighted by atomic mass is 10.2. The molecule has 0 fully saturated rings. The predicted molar refractivity (Wildman–Crippen MR) is 62.9 cm³/mol. The first-order chi connectivity index (χ1) is 7.49. The van der Waals surface area contributed by atoms with Crippen LogP contribution in [0.3, 0.4) is 0 Å². The van der Waals surface area contributed by atoms with E-state index < -0.39 is 12.4 Å². The van der Waals surface area contributed by atoms with Crippen molar-refractivity contribution in [3.63, 3.8) is 0 Å². The third kappa shape index (κ3) is 2.79. The van der Waals surface area contributed by atoms with Crippen molar-refractivity contribution in [2.45, 2.75) is 13.3 Å². The van der Waals surface area contributed by atoms with E-state index in [1.807, 2.05) is 0 Å². The molecule has 0 amide bonds. The fourth-order valence-electron chi connectivity index (χ4n) is 0.972. The maximum atomic E-state index is 12.5. The van der Waals surface area contributed by atoms with Gasteiger partial charge < -0.3 is 4.74 Å². The third-order valence-electron chi connectivity index (χ3n) is 1.69. The first kappa shape index (κ1) is 13.6. The van der Waals surface area contributed by atoms with Crippen molar-refractivity contribution in [3.8, 4) is 0 Å². The van der Waals surface area contributed by atoms with Gasteiger partial charge in [-0.1, -0.05) is 11.6 Å². The second kappa shape index (κ2) is 5.72. The molecule has 0 spiro atoms. The zero-order chi connectivity index (χ0) is 12.3. The summed E-state index contributed by atoms with van der Waals surface area (Å²) in [5, 5.41) is -0.100. The Morgan fingerprint density at radius 1 is 1.69 bits per heavy atom. The van der Waals surface area contributed by atoms with Crippen molar-refractivity contribution >= 4 is 40.2 Å². The quantitative estimate of drug-likeness (QED) is 0.611. The Balaban J connectivity index is 3.16. The standard InChI is InChI=1S/C9H7ClF2INO2/c1-2-16-9(15)7-5(10)6(13)4(3-14-7)8(11)12/h3,8H,2H2,1H3. The van der Waals surface area contributed by atoms with E-state index in [-0.39, 0.29) is 26.5 Å². The van der Waals surface area contributed by atoms with Crippen LogP contribution < -0.4 is 0 Å². The number of halogens is 4. The lowest BCUT2D eigenvalue weighted by Crippen LogP contribution is -2.10. The number of ether oxygens (including phenoxy) is 1. The number of hydrogen-bond donors (Lipinski definition) is 0. The number of rotatable bonds is 3. The highest BCUT2D eigenvalue weighted by Gasteiger charge is 2.21. The zero-order valence-electron chi connectivity index (χ0n) is 8.14. The Morgan fingerprint density at radius 2 is 2.31 bits per heavy atom. The summed E-state index contributed by atoms with van der Waals surface area (Å²) in [5.41, 5.74) is -0.434. The lowest BCUT2D eigenvalue weighted by Gasteiger charge is -2.08. The lowest BCUT2D eigenvalue weighted by molar-refractivity contribution is 0.0519. The Morgan fingerprint density at radius 3 is 2.81 bits per heavy atom. The van der Waals surface area contributed by atoms with Crippen molar-refractivity contribution in [2.75, 3.05) is 6.61 Å². The van der Waals surface area contributed by atoms with Gasteiger partial charge in [0.05, 0.1) is 17.2 Å². The number of pyridine rings is 1. The molecule has 1 heterocycles. The number of carbonyl (C=O) groups excluding carboxylic acids is 1. The van der Waals surface area contributed by atoms with Gasteiger partial charge in [0.1, 0.15) is 0 Å². The van der Waals surface area contributed by atoms with E-state index in [1.165, 1.54) is 0 Å².